The van der Waals surface area contributed by atoms with Crippen LogP contribution in [-0.2, 0) is 6.42 Å². The zero-order valence-corrected chi connectivity index (χ0v) is 13.3. The first kappa shape index (κ1) is 16.5. The fraction of sp³-hybridized carbons (Fsp3) is 0.333. The average Bonchev–Trinajstić information content (AvgIpc) is 2.61. The number of carbonyl (C=O) groups excluding carboxylic acids is 1. The molecule has 1 aliphatic rings. The van der Waals surface area contributed by atoms with Crippen molar-refractivity contribution in [1.29, 1.82) is 0 Å². The van der Waals surface area contributed by atoms with Crippen molar-refractivity contribution in [3.63, 3.8) is 0 Å². The highest BCUT2D eigenvalue weighted by atomic mass is 19.1. The Balaban J connectivity index is 1.52. The smallest absolute Gasteiger partial charge is 0.256 e. The Morgan fingerprint density at radius 3 is 2.42 bits per heavy atom. The SMILES string of the molecule is O=C(c1ccc(F)cc1F)N1CCN(CCc2ccncc2)CC1. The summed E-state index contributed by atoms with van der Waals surface area (Å²) in [7, 11) is 0. The molecule has 1 aromatic carbocycles. The minimum absolute atomic E-state index is 0.0679. The monoisotopic (exact) mass is 331 g/mol. The number of pyridine rings is 1. The van der Waals surface area contributed by atoms with Crippen LogP contribution in [0.3, 0.4) is 0 Å². The van der Waals surface area contributed by atoms with E-state index in [4.69, 9.17) is 0 Å². The first-order valence-corrected chi connectivity index (χ1v) is 7.99. The Morgan fingerprint density at radius 1 is 1.04 bits per heavy atom. The van der Waals surface area contributed by atoms with Crippen molar-refractivity contribution in [3.8, 4) is 0 Å². The summed E-state index contributed by atoms with van der Waals surface area (Å²) in [6, 6.07) is 7.07. The molecule has 0 unspecified atom stereocenters. The summed E-state index contributed by atoms with van der Waals surface area (Å²) in [6.07, 6.45) is 4.50. The van der Waals surface area contributed by atoms with E-state index in [1.54, 1.807) is 17.3 Å². The maximum atomic E-state index is 13.7. The van der Waals surface area contributed by atoms with E-state index in [-0.39, 0.29) is 11.5 Å². The van der Waals surface area contributed by atoms with Crippen LogP contribution < -0.4 is 0 Å². The van der Waals surface area contributed by atoms with Crippen molar-refractivity contribution in [2.75, 3.05) is 32.7 Å². The molecule has 24 heavy (non-hydrogen) atoms. The summed E-state index contributed by atoms with van der Waals surface area (Å²) in [5.41, 5.74) is 1.17. The van der Waals surface area contributed by atoms with Gasteiger partial charge in [0.1, 0.15) is 11.6 Å². The quantitative estimate of drug-likeness (QED) is 0.863. The molecular weight excluding hydrogens is 312 g/mol. The van der Waals surface area contributed by atoms with Crippen molar-refractivity contribution < 1.29 is 13.6 Å². The van der Waals surface area contributed by atoms with Crippen molar-refractivity contribution >= 4 is 5.91 Å². The summed E-state index contributed by atoms with van der Waals surface area (Å²) < 4.78 is 26.7. The molecule has 0 atom stereocenters. The van der Waals surface area contributed by atoms with E-state index in [1.807, 2.05) is 12.1 Å². The maximum Gasteiger partial charge on any atom is 0.256 e. The number of rotatable bonds is 4. The van der Waals surface area contributed by atoms with E-state index < -0.39 is 11.6 Å². The van der Waals surface area contributed by atoms with Crippen LogP contribution in [0, 0.1) is 11.6 Å². The van der Waals surface area contributed by atoms with Gasteiger partial charge in [-0.25, -0.2) is 8.78 Å². The number of benzene rings is 1. The molecule has 0 radical (unpaired) electrons. The third-order valence-corrected chi connectivity index (χ3v) is 4.29. The van der Waals surface area contributed by atoms with Gasteiger partial charge in [0, 0.05) is 51.2 Å². The maximum absolute atomic E-state index is 13.7. The molecule has 126 valence electrons. The van der Waals surface area contributed by atoms with Gasteiger partial charge in [-0.15, -0.1) is 0 Å². The average molecular weight is 331 g/mol. The van der Waals surface area contributed by atoms with Crippen molar-refractivity contribution in [1.82, 2.24) is 14.8 Å². The third kappa shape index (κ3) is 3.94. The molecule has 2 aromatic rings. The fourth-order valence-corrected chi connectivity index (χ4v) is 2.84. The van der Waals surface area contributed by atoms with Gasteiger partial charge >= 0.3 is 0 Å². The Kier molecular flexibility index (Phi) is 5.15. The zero-order chi connectivity index (χ0) is 16.9. The highest BCUT2D eigenvalue weighted by molar-refractivity contribution is 5.94. The predicted molar refractivity (Wildman–Crippen MR) is 86.6 cm³/mol. The predicted octanol–water partition coefficient (Wildman–Crippen LogP) is 2.36. The molecule has 0 aliphatic carbocycles. The van der Waals surface area contributed by atoms with Crippen LogP contribution in [0.15, 0.2) is 42.7 Å². The second-order valence-electron chi connectivity index (χ2n) is 5.86. The molecule has 6 heteroatoms. The van der Waals surface area contributed by atoms with Gasteiger partial charge in [-0.2, -0.15) is 0 Å². The van der Waals surface area contributed by atoms with E-state index in [1.165, 1.54) is 11.6 Å². The second-order valence-corrected chi connectivity index (χ2v) is 5.86. The Labute approximate surface area is 139 Å². The Bertz CT molecular complexity index is 701. The Morgan fingerprint density at radius 2 is 1.75 bits per heavy atom. The van der Waals surface area contributed by atoms with Crippen LogP contribution in [0.4, 0.5) is 8.78 Å². The van der Waals surface area contributed by atoms with Gasteiger partial charge in [-0.05, 0) is 36.2 Å². The van der Waals surface area contributed by atoms with Crippen molar-refractivity contribution in [3.05, 3.63) is 65.5 Å². The van der Waals surface area contributed by atoms with Crippen LogP contribution in [0.1, 0.15) is 15.9 Å². The lowest BCUT2D eigenvalue weighted by Crippen LogP contribution is -2.49. The van der Waals surface area contributed by atoms with E-state index in [2.05, 4.69) is 9.88 Å². The van der Waals surface area contributed by atoms with Crippen LogP contribution in [0.5, 0.6) is 0 Å². The lowest BCUT2D eigenvalue weighted by atomic mass is 10.1. The van der Waals surface area contributed by atoms with Gasteiger partial charge in [0.25, 0.3) is 5.91 Å². The number of carbonyl (C=O) groups is 1. The van der Waals surface area contributed by atoms with E-state index >= 15 is 0 Å². The molecule has 1 amide bonds. The molecule has 1 fully saturated rings. The molecule has 1 aliphatic heterocycles. The zero-order valence-electron chi connectivity index (χ0n) is 13.3. The lowest BCUT2D eigenvalue weighted by molar-refractivity contribution is 0.0634. The summed E-state index contributed by atoms with van der Waals surface area (Å²) in [4.78, 5) is 20.3. The fourth-order valence-electron chi connectivity index (χ4n) is 2.84. The summed E-state index contributed by atoms with van der Waals surface area (Å²) in [6.45, 7) is 3.51. The molecule has 1 aromatic heterocycles. The van der Waals surface area contributed by atoms with Crippen LogP contribution in [0.25, 0.3) is 0 Å². The number of aromatic nitrogens is 1. The van der Waals surface area contributed by atoms with Gasteiger partial charge in [0.05, 0.1) is 5.56 Å². The molecule has 0 N–H and O–H groups in total. The molecule has 3 rings (SSSR count). The van der Waals surface area contributed by atoms with Crippen LogP contribution in [0.2, 0.25) is 0 Å². The van der Waals surface area contributed by atoms with Crippen molar-refractivity contribution in [2.45, 2.75) is 6.42 Å². The second kappa shape index (κ2) is 7.49. The van der Waals surface area contributed by atoms with Gasteiger partial charge in [0.2, 0.25) is 0 Å². The van der Waals surface area contributed by atoms with Gasteiger partial charge in [-0.1, -0.05) is 0 Å². The van der Waals surface area contributed by atoms with Gasteiger partial charge < -0.3 is 4.90 Å². The van der Waals surface area contributed by atoms with Crippen molar-refractivity contribution in [2.24, 2.45) is 0 Å². The Hall–Kier alpha value is -2.34. The number of halogens is 2. The molecule has 0 spiro atoms. The number of hydrogen-bond donors (Lipinski definition) is 0. The number of nitrogens with zero attached hydrogens (tertiary/aromatic N) is 3. The highest BCUT2D eigenvalue weighted by Gasteiger charge is 2.24. The molecule has 2 heterocycles. The number of amides is 1. The molecule has 0 saturated carbocycles. The highest BCUT2D eigenvalue weighted by Crippen LogP contribution is 2.14. The topological polar surface area (TPSA) is 36.4 Å². The first-order chi connectivity index (χ1) is 11.6. The van der Waals surface area contributed by atoms with E-state index in [0.29, 0.717) is 13.1 Å². The summed E-state index contributed by atoms with van der Waals surface area (Å²) >= 11 is 0. The minimum Gasteiger partial charge on any atom is -0.336 e. The summed E-state index contributed by atoms with van der Waals surface area (Å²) in [5.74, 6) is -1.86. The van der Waals surface area contributed by atoms with E-state index in [9.17, 15) is 13.6 Å². The minimum atomic E-state index is -0.805. The van der Waals surface area contributed by atoms with Gasteiger partial charge in [-0.3, -0.25) is 14.7 Å². The summed E-state index contributed by atoms with van der Waals surface area (Å²) in [5, 5.41) is 0. The lowest BCUT2D eigenvalue weighted by Gasteiger charge is -2.34. The normalized spacial score (nSPS) is 15.5. The molecule has 1 saturated heterocycles. The van der Waals surface area contributed by atoms with Crippen LogP contribution >= 0.6 is 0 Å². The largest absolute Gasteiger partial charge is 0.336 e. The van der Waals surface area contributed by atoms with Gasteiger partial charge in [0.15, 0.2) is 0 Å². The van der Waals surface area contributed by atoms with E-state index in [0.717, 1.165) is 38.2 Å². The van der Waals surface area contributed by atoms with Crippen LogP contribution in [-0.4, -0.2) is 53.4 Å². The number of hydrogen-bond acceptors (Lipinski definition) is 3. The molecular formula is C18H19F2N3O. The first-order valence-electron chi connectivity index (χ1n) is 7.99. The standard InChI is InChI=1S/C18H19F2N3O/c19-15-1-2-16(17(20)13-15)18(24)23-11-9-22(10-12-23)8-5-14-3-6-21-7-4-14/h1-4,6-7,13H,5,8-12H2. The molecule has 0 bridgehead atoms. The molecule has 4 nitrogen and oxygen atoms in total. The number of piperazine rings is 1. The third-order valence-electron chi connectivity index (χ3n) is 4.29.